The lowest BCUT2D eigenvalue weighted by atomic mass is 9.73. The Balaban J connectivity index is 2.11. The lowest BCUT2D eigenvalue weighted by molar-refractivity contribution is -0.136. The Labute approximate surface area is 217 Å². The number of rotatable bonds is 7. The molecule has 190 valence electrons. The second-order valence-corrected chi connectivity index (χ2v) is 8.82. The van der Waals surface area contributed by atoms with E-state index in [1.807, 2.05) is 0 Å². The summed E-state index contributed by atoms with van der Waals surface area (Å²) in [6.45, 7) is -1.62. The van der Waals surface area contributed by atoms with E-state index in [4.69, 9.17) is 27.6 Å². The molecule has 0 unspecified atom stereocenters. The van der Waals surface area contributed by atoms with Gasteiger partial charge in [0.1, 0.15) is 35.9 Å². The molecule has 2 aromatic rings. The van der Waals surface area contributed by atoms with E-state index in [1.165, 1.54) is 18.2 Å². The SMILES string of the molecule is O=C(O)CN(CC(=O)O)c1cc(B(O)O)c(-c2c3cc(Cl)c(=O)cc-3oc3cc(O)c(Cl)cc23)cc1O. The second-order valence-electron chi connectivity index (χ2n) is 8.00. The van der Waals surface area contributed by atoms with Crippen LogP contribution < -0.4 is 15.8 Å². The molecule has 0 radical (unpaired) electrons. The summed E-state index contributed by atoms with van der Waals surface area (Å²) in [5.74, 6) is -3.69. The molecule has 0 saturated heterocycles. The van der Waals surface area contributed by atoms with Crippen molar-refractivity contribution in [1.82, 2.24) is 0 Å². The molecule has 0 amide bonds. The maximum absolute atomic E-state index is 12.2. The van der Waals surface area contributed by atoms with Gasteiger partial charge in [-0.2, -0.15) is 0 Å². The third kappa shape index (κ3) is 5.00. The summed E-state index contributed by atoms with van der Waals surface area (Å²) in [5.41, 5.74) is -0.695. The van der Waals surface area contributed by atoms with Crippen molar-refractivity contribution >= 4 is 64.4 Å². The number of anilines is 1. The number of benzene rings is 3. The Kier molecular flexibility index (Phi) is 6.93. The number of aliphatic carboxylic acids is 2. The normalized spacial score (nSPS) is 11.1. The van der Waals surface area contributed by atoms with Crippen LogP contribution in [0.25, 0.3) is 33.4 Å². The van der Waals surface area contributed by atoms with Crippen molar-refractivity contribution in [3.8, 4) is 33.9 Å². The molecular weight excluding hydrogens is 532 g/mol. The van der Waals surface area contributed by atoms with Crippen LogP contribution in [0.4, 0.5) is 5.69 Å². The van der Waals surface area contributed by atoms with Gasteiger partial charge in [-0.1, -0.05) is 23.2 Å². The predicted octanol–water partition coefficient (Wildman–Crippen LogP) is 1.94. The third-order valence-corrected chi connectivity index (χ3v) is 6.13. The first-order valence-corrected chi connectivity index (χ1v) is 11.1. The van der Waals surface area contributed by atoms with Crippen molar-refractivity contribution in [2.75, 3.05) is 18.0 Å². The van der Waals surface area contributed by atoms with Crippen molar-refractivity contribution < 1.29 is 44.5 Å². The van der Waals surface area contributed by atoms with E-state index in [-0.39, 0.29) is 60.4 Å². The fourth-order valence-corrected chi connectivity index (χ4v) is 4.35. The van der Waals surface area contributed by atoms with E-state index in [9.17, 15) is 44.9 Å². The maximum Gasteiger partial charge on any atom is 0.489 e. The number of halogens is 2. The lowest BCUT2D eigenvalue weighted by Crippen LogP contribution is -2.37. The molecule has 14 heteroatoms. The highest BCUT2D eigenvalue weighted by atomic mass is 35.5. The van der Waals surface area contributed by atoms with Gasteiger partial charge in [-0.05, 0) is 35.3 Å². The van der Waals surface area contributed by atoms with Gasteiger partial charge in [0.2, 0.25) is 5.43 Å². The number of phenols is 2. The quantitative estimate of drug-likeness (QED) is 0.146. The molecule has 0 aromatic heterocycles. The molecule has 0 fully saturated rings. The lowest BCUT2D eigenvalue weighted by Gasteiger charge is -2.25. The first-order valence-electron chi connectivity index (χ1n) is 10.4. The summed E-state index contributed by atoms with van der Waals surface area (Å²) in [4.78, 5) is 35.6. The van der Waals surface area contributed by atoms with Crippen LogP contribution in [-0.4, -0.2) is 62.6 Å². The number of hydrogen-bond donors (Lipinski definition) is 6. The minimum atomic E-state index is -2.19. The third-order valence-electron chi connectivity index (χ3n) is 5.53. The van der Waals surface area contributed by atoms with Crippen LogP contribution >= 0.6 is 23.2 Å². The number of hydrogen-bond acceptors (Lipinski definition) is 9. The number of nitrogens with zero attached hydrogens (tertiary/aromatic N) is 1. The molecule has 1 heterocycles. The summed E-state index contributed by atoms with van der Waals surface area (Å²) < 4.78 is 5.76. The Hall–Kier alpha value is -3.97. The highest BCUT2D eigenvalue weighted by molar-refractivity contribution is 6.61. The number of phenolic OH excluding ortho intramolecular Hbond substituents is 2. The summed E-state index contributed by atoms with van der Waals surface area (Å²) >= 11 is 12.2. The molecule has 6 N–H and O–H groups in total. The summed E-state index contributed by atoms with van der Waals surface area (Å²) in [6.07, 6.45) is 0. The van der Waals surface area contributed by atoms with Crippen molar-refractivity contribution in [2.24, 2.45) is 0 Å². The molecule has 37 heavy (non-hydrogen) atoms. The number of carboxylic acids is 2. The highest BCUT2D eigenvalue weighted by Gasteiger charge is 2.28. The average Bonchev–Trinajstić information content (AvgIpc) is 2.78. The molecule has 2 aromatic carbocycles. The molecule has 11 nitrogen and oxygen atoms in total. The molecule has 2 aliphatic rings. The van der Waals surface area contributed by atoms with Crippen LogP contribution in [0.3, 0.4) is 0 Å². The van der Waals surface area contributed by atoms with Gasteiger partial charge in [0, 0.05) is 28.6 Å². The highest BCUT2D eigenvalue weighted by Crippen LogP contribution is 2.44. The number of aromatic hydroxyl groups is 2. The van der Waals surface area contributed by atoms with Crippen LogP contribution in [-0.2, 0) is 9.59 Å². The van der Waals surface area contributed by atoms with Gasteiger partial charge >= 0.3 is 19.1 Å². The summed E-state index contributed by atoms with van der Waals surface area (Å²) in [6, 6.07) is 6.99. The van der Waals surface area contributed by atoms with E-state index in [1.54, 1.807) is 0 Å². The first-order chi connectivity index (χ1) is 17.4. The Morgan fingerprint density at radius 2 is 1.51 bits per heavy atom. The summed E-state index contributed by atoms with van der Waals surface area (Å²) in [7, 11) is -2.19. The first kappa shape index (κ1) is 26.1. The Bertz CT molecular complexity index is 1590. The monoisotopic (exact) mass is 547 g/mol. The molecule has 1 aliphatic carbocycles. The topological polar surface area (TPSA) is 189 Å². The Morgan fingerprint density at radius 3 is 2.11 bits per heavy atom. The van der Waals surface area contributed by atoms with Crippen LogP contribution in [0.2, 0.25) is 10.0 Å². The molecule has 1 aliphatic heterocycles. The van der Waals surface area contributed by atoms with Gasteiger partial charge in [-0.3, -0.25) is 14.4 Å². The van der Waals surface area contributed by atoms with Gasteiger partial charge < -0.3 is 39.8 Å². The van der Waals surface area contributed by atoms with Gasteiger partial charge in [-0.15, -0.1) is 0 Å². The zero-order valence-electron chi connectivity index (χ0n) is 18.5. The molecule has 0 bridgehead atoms. The zero-order chi connectivity index (χ0) is 27.2. The minimum Gasteiger partial charge on any atom is -0.506 e. The molecule has 0 saturated carbocycles. The maximum atomic E-state index is 12.2. The fourth-order valence-electron chi connectivity index (χ4n) is 4.02. The smallest absolute Gasteiger partial charge is 0.489 e. The fraction of sp³-hybridized carbons (Fsp3) is 0.0870. The van der Waals surface area contributed by atoms with Gasteiger partial charge in [-0.25, -0.2) is 0 Å². The number of fused-ring (bicyclic) bond motifs is 2. The van der Waals surface area contributed by atoms with Gasteiger partial charge in [0.25, 0.3) is 0 Å². The summed E-state index contributed by atoms with van der Waals surface area (Å²) in [5, 5.41) is 59.7. The van der Waals surface area contributed by atoms with Crippen LogP contribution in [0.15, 0.2) is 45.6 Å². The molecular formula is C23H16BCl2NO10. The number of carbonyl (C=O) groups is 2. The Morgan fingerprint density at radius 1 is 0.865 bits per heavy atom. The number of carboxylic acid groups (broad SMARTS) is 2. The largest absolute Gasteiger partial charge is 0.506 e. The standard InChI is InChI=1S/C23H16BCl2NO10/c25-13-1-10-19(5-16(13)28)37-20-6-17(29)14(26)2-11(20)23(10)9-3-18(30)15(4-12(9)24(35)36)27(7-21(31)32)8-22(33)34/h1-6,28,30,35-36H,7-8H2,(H,31,32)(H,33,34). The van der Waals surface area contributed by atoms with Crippen molar-refractivity contribution in [2.45, 2.75) is 0 Å². The second kappa shape index (κ2) is 9.83. The minimum absolute atomic E-state index is 0.0101. The molecule has 4 rings (SSSR count). The van der Waals surface area contributed by atoms with E-state index in [0.717, 1.165) is 23.1 Å². The predicted molar refractivity (Wildman–Crippen MR) is 135 cm³/mol. The molecule has 0 atom stereocenters. The van der Waals surface area contributed by atoms with Gasteiger partial charge in [0.15, 0.2) is 0 Å². The van der Waals surface area contributed by atoms with Gasteiger partial charge in [0.05, 0.1) is 15.7 Å². The van der Waals surface area contributed by atoms with Crippen molar-refractivity contribution in [3.63, 3.8) is 0 Å². The van der Waals surface area contributed by atoms with E-state index in [2.05, 4.69) is 0 Å². The molecule has 0 spiro atoms. The van der Waals surface area contributed by atoms with Crippen LogP contribution in [0.1, 0.15) is 0 Å². The van der Waals surface area contributed by atoms with Crippen LogP contribution in [0, 0.1) is 0 Å². The van der Waals surface area contributed by atoms with E-state index < -0.39 is 43.3 Å². The van der Waals surface area contributed by atoms with E-state index in [0.29, 0.717) is 0 Å². The van der Waals surface area contributed by atoms with Crippen molar-refractivity contribution in [3.05, 3.63) is 56.7 Å². The van der Waals surface area contributed by atoms with E-state index >= 15 is 0 Å². The van der Waals surface area contributed by atoms with Crippen molar-refractivity contribution in [1.29, 1.82) is 0 Å². The zero-order valence-corrected chi connectivity index (χ0v) is 20.0. The average molecular weight is 548 g/mol. The van der Waals surface area contributed by atoms with Crippen LogP contribution in [0.5, 0.6) is 11.5 Å².